The normalized spacial score (nSPS) is 27.6. The number of likely N-dealkylation sites (tertiary alicyclic amines) is 1. The highest BCUT2D eigenvalue weighted by atomic mass is 16.5. The van der Waals surface area contributed by atoms with Crippen molar-refractivity contribution in [2.45, 2.75) is 53.0 Å². The summed E-state index contributed by atoms with van der Waals surface area (Å²) in [6, 6.07) is 4.66. The summed E-state index contributed by atoms with van der Waals surface area (Å²) >= 11 is 0. The molecule has 5 atom stereocenters. The second-order valence-corrected chi connectivity index (χ2v) is 9.65. The van der Waals surface area contributed by atoms with Gasteiger partial charge in [0, 0.05) is 5.69 Å². The van der Waals surface area contributed by atoms with Crippen molar-refractivity contribution in [2.75, 3.05) is 11.9 Å². The Kier molecular flexibility index (Phi) is 5.62. The van der Waals surface area contributed by atoms with Crippen molar-refractivity contribution in [1.82, 2.24) is 4.90 Å². The number of rotatable bonds is 6. The fourth-order valence-corrected chi connectivity index (χ4v) is 5.85. The molecular weight excluding hydrogens is 396 g/mol. The van der Waals surface area contributed by atoms with E-state index < -0.39 is 24.5 Å². The number of hydrogen-bond donors (Lipinski definition) is 1. The first-order valence-corrected chi connectivity index (χ1v) is 11.1. The van der Waals surface area contributed by atoms with E-state index in [1.54, 1.807) is 13.8 Å². The number of carbonyl (C=O) groups excluding carboxylic acids is 4. The first kappa shape index (κ1) is 21.5. The number of nitrogens with one attached hydrogen (secondary N) is 1. The molecule has 0 spiro atoms. The van der Waals surface area contributed by atoms with Crippen LogP contribution in [0, 0.1) is 43.4 Å². The van der Waals surface area contributed by atoms with Gasteiger partial charge in [0.15, 0.2) is 6.61 Å². The fourth-order valence-electron chi connectivity index (χ4n) is 5.85. The highest BCUT2D eigenvalue weighted by molar-refractivity contribution is 6.08. The van der Waals surface area contributed by atoms with E-state index in [1.807, 2.05) is 32.0 Å². The molecular formula is C24H30N2O5. The van der Waals surface area contributed by atoms with Crippen LogP contribution < -0.4 is 5.32 Å². The second kappa shape index (κ2) is 8.09. The van der Waals surface area contributed by atoms with E-state index in [2.05, 4.69) is 5.32 Å². The molecule has 166 valence electrons. The van der Waals surface area contributed by atoms with Gasteiger partial charge in [-0.3, -0.25) is 19.3 Å². The number of hydrogen-bond acceptors (Lipinski definition) is 5. The summed E-state index contributed by atoms with van der Waals surface area (Å²) in [4.78, 5) is 52.5. The monoisotopic (exact) mass is 426 g/mol. The molecule has 0 unspecified atom stereocenters. The van der Waals surface area contributed by atoms with Gasteiger partial charge in [0.05, 0.1) is 11.8 Å². The van der Waals surface area contributed by atoms with Crippen molar-refractivity contribution in [3.63, 3.8) is 0 Å². The van der Waals surface area contributed by atoms with E-state index in [0.717, 1.165) is 35.3 Å². The first-order valence-electron chi connectivity index (χ1n) is 11.1. The van der Waals surface area contributed by atoms with Gasteiger partial charge in [0.2, 0.25) is 11.8 Å². The maximum absolute atomic E-state index is 13.1. The summed E-state index contributed by atoms with van der Waals surface area (Å²) in [5, 5.41) is 2.72. The van der Waals surface area contributed by atoms with Gasteiger partial charge in [-0.1, -0.05) is 19.9 Å². The van der Waals surface area contributed by atoms with Crippen molar-refractivity contribution in [3.05, 3.63) is 29.3 Å². The van der Waals surface area contributed by atoms with E-state index in [4.69, 9.17) is 4.74 Å². The zero-order valence-corrected chi connectivity index (χ0v) is 18.5. The lowest BCUT2D eigenvalue weighted by atomic mass is 9.81. The summed E-state index contributed by atoms with van der Waals surface area (Å²) < 4.78 is 5.26. The average molecular weight is 427 g/mol. The van der Waals surface area contributed by atoms with Gasteiger partial charge in [-0.25, -0.2) is 4.79 Å². The van der Waals surface area contributed by atoms with E-state index in [-0.39, 0.29) is 41.4 Å². The minimum Gasteiger partial charge on any atom is -0.454 e. The molecule has 1 aliphatic heterocycles. The summed E-state index contributed by atoms with van der Waals surface area (Å²) in [6.07, 6.45) is 2.90. The van der Waals surface area contributed by atoms with Gasteiger partial charge in [0.25, 0.3) is 5.91 Å². The van der Waals surface area contributed by atoms with E-state index in [9.17, 15) is 19.2 Å². The van der Waals surface area contributed by atoms with Crippen LogP contribution in [-0.2, 0) is 23.9 Å². The van der Waals surface area contributed by atoms with Crippen LogP contribution in [0.1, 0.15) is 44.2 Å². The average Bonchev–Trinajstić information content (AvgIpc) is 3.35. The number of aryl methyl sites for hydroxylation is 2. The van der Waals surface area contributed by atoms with Crippen LogP contribution in [-0.4, -0.2) is 41.2 Å². The van der Waals surface area contributed by atoms with Crippen LogP contribution in [0.2, 0.25) is 0 Å². The van der Waals surface area contributed by atoms with Crippen molar-refractivity contribution >= 4 is 29.4 Å². The molecule has 3 amide bonds. The predicted octanol–water partition coefficient (Wildman–Crippen LogP) is 2.84. The van der Waals surface area contributed by atoms with Crippen molar-refractivity contribution < 1.29 is 23.9 Å². The van der Waals surface area contributed by atoms with Crippen LogP contribution in [0.3, 0.4) is 0 Å². The zero-order chi connectivity index (χ0) is 22.4. The number of anilines is 1. The molecule has 1 aromatic carbocycles. The number of fused-ring (bicyclic) bond motifs is 5. The largest absolute Gasteiger partial charge is 0.454 e. The topological polar surface area (TPSA) is 92.8 Å². The van der Waals surface area contributed by atoms with Crippen LogP contribution in [0.25, 0.3) is 0 Å². The molecule has 3 fully saturated rings. The third-order valence-electron chi connectivity index (χ3n) is 6.96. The van der Waals surface area contributed by atoms with Gasteiger partial charge >= 0.3 is 5.97 Å². The van der Waals surface area contributed by atoms with Crippen molar-refractivity contribution in [2.24, 2.45) is 29.6 Å². The Hall–Kier alpha value is -2.70. The Balaban J connectivity index is 1.42. The van der Waals surface area contributed by atoms with E-state index >= 15 is 0 Å². The standard InChI is InChI=1S/C24H30N2O5/c1-12(2)21(26-22(28)19-15-5-6-16(10-15)20(19)23(26)29)24(30)31-11-18(27)25-17-8-13(3)7-14(4)9-17/h7-9,12,15-16,19-21H,5-6,10-11H2,1-4H3,(H,25,27)/t15-,16-,19-,20+,21-/m1/s1. The van der Waals surface area contributed by atoms with Crippen LogP contribution in [0.5, 0.6) is 0 Å². The number of carbonyl (C=O) groups is 4. The molecule has 1 N–H and O–H groups in total. The van der Waals surface area contributed by atoms with E-state index in [0.29, 0.717) is 5.69 Å². The number of nitrogens with zero attached hydrogens (tertiary/aromatic N) is 1. The van der Waals surface area contributed by atoms with Gasteiger partial charge in [-0.15, -0.1) is 0 Å². The molecule has 0 aromatic heterocycles. The molecule has 3 aliphatic rings. The Morgan fingerprint density at radius 1 is 1.03 bits per heavy atom. The summed E-state index contributed by atoms with van der Waals surface area (Å²) in [7, 11) is 0. The second-order valence-electron chi connectivity index (χ2n) is 9.65. The number of ether oxygens (including phenoxy) is 1. The van der Waals surface area contributed by atoms with Crippen molar-refractivity contribution in [1.29, 1.82) is 0 Å². The lowest BCUT2D eigenvalue weighted by Gasteiger charge is -2.28. The minimum atomic E-state index is -1.00. The van der Waals surface area contributed by atoms with Crippen LogP contribution >= 0.6 is 0 Å². The highest BCUT2D eigenvalue weighted by Crippen LogP contribution is 2.56. The Labute approximate surface area is 182 Å². The molecule has 2 saturated carbocycles. The third kappa shape index (κ3) is 3.86. The molecule has 1 aromatic rings. The zero-order valence-electron chi connectivity index (χ0n) is 18.5. The molecule has 31 heavy (non-hydrogen) atoms. The SMILES string of the molecule is Cc1cc(C)cc(NC(=O)COC(=O)[C@@H](C(C)C)N2C(=O)[C@@H]3[C@@H]4CC[C@H](C4)[C@@H]3C2=O)c1. The van der Waals surface area contributed by atoms with Crippen LogP contribution in [0.4, 0.5) is 5.69 Å². The molecule has 2 aliphatic carbocycles. The lowest BCUT2D eigenvalue weighted by Crippen LogP contribution is -2.50. The summed E-state index contributed by atoms with van der Waals surface area (Å²) in [6.45, 7) is 6.96. The van der Waals surface area contributed by atoms with Gasteiger partial charge in [-0.05, 0) is 74.1 Å². The quantitative estimate of drug-likeness (QED) is 0.558. The van der Waals surface area contributed by atoms with Gasteiger partial charge in [-0.2, -0.15) is 0 Å². The van der Waals surface area contributed by atoms with Crippen LogP contribution in [0.15, 0.2) is 18.2 Å². The number of esters is 1. The van der Waals surface area contributed by atoms with Gasteiger partial charge in [0.1, 0.15) is 6.04 Å². The number of amides is 3. The third-order valence-corrected chi connectivity index (χ3v) is 6.96. The first-order chi connectivity index (χ1) is 14.7. The fraction of sp³-hybridized carbons (Fsp3) is 0.583. The Morgan fingerprint density at radius 3 is 2.10 bits per heavy atom. The Bertz CT molecular complexity index is 892. The Morgan fingerprint density at radius 2 is 1.58 bits per heavy atom. The molecule has 1 heterocycles. The maximum Gasteiger partial charge on any atom is 0.330 e. The number of benzene rings is 1. The lowest BCUT2D eigenvalue weighted by molar-refractivity contribution is -0.162. The number of imide groups is 1. The predicted molar refractivity (Wildman–Crippen MR) is 114 cm³/mol. The smallest absolute Gasteiger partial charge is 0.330 e. The highest BCUT2D eigenvalue weighted by Gasteiger charge is 2.62. The van der Waals surface area contributed by atoms with Crippen molar-refractivity contribution in [3.8, 4) is 0 Å². The minimum absolute atomic E-state index is 0.238. The summed E-state index contributed by atoms with van der Waals surface area (Å²) in [5.41, 5.74) is 2.66. The molecule has 0 radical (unpaired) electrons. The van der Waals surface area contributed by atoms with Gasteiger partial charge < -0.3 is 10.1 Å². The molecule has 7 heteroatoms. The molecule has 4 rings (SSSR count). The molecule has 7 nitrogen and oxygen atoms in total. The van der Waals surface area contributed by atoms with E-state index in [1.165, 1.54) is 0 Å². The molecule has 2 bridgehead atoms. The maximum atomic E-state index is 13.1. The summed E-state index contributed by atoms with van der Waals surface area (Å²) in [5.74, 6) is -2.02. The molecule has 1 saturated heterocycles.